The molecule has 1 atom stereocenters. The maximum Gasteiger partial charge on any atom is 0.213 e. The van der Waals surface area contributed by atoms with Crippen LogP contribution >= 0.6 is 35.3 Å². The monoisotopic (exact) mass is 516 g/mol. The van der Waals surface area contributed by atoms with Crippen molar-refractivity contribution in [1.82, 2.24) is 15.6 Å². The Morgan fingerprint density at radius 1 is 1.39 bits per heavy atom. The number of halogens is 1. The van der Waals surface area contributed by atoms with Crippen LogP contribution in [0, 0.1) is 5.92 Å². The Bertz CT molecular complexity index is 748. The molecular formula is C20H29IN4O2S. The van der Waals surface area contributed by atoms with Gasteiger partial charge in [-0.3, -0.25) is 0 Å². The zero-order valence-corrected chi connectivity index (χ0v) is 19.5. The molecule has 28 heavy (non-hydrogen) atoms. The molecule has 0 aromatic carbocycles. The van der Waals surface area contributed by atoms with Gasteiger partial charge < -0.3 is 20.5 Å². The topological polar surface area (TPSA) is 78.8 Å². The second-order valence-electron chi connectivity index (χ2n) is 7.09. The van der Waals surface area contributed by atoms with Crippen LogP contribution in [0.25, 0.3) is 0 Å². The molecule has 1 fully saturated rings. The first kappa shape index (κ1) is 22.9. The van der Waals surface area contributed by atoms with Crippen LogP contribution < -0.4 is 15.4 Å². The van der Waals surface area contributed by atoms with Crippen LogP contribution in [0.1, 0.15) is 37.8 Å². The first-order chi connectivity index (χ1) is 13.1. The van der Waals surface area contributed by atoms with E-state index in [1.807, 2.05) is 35.9 Å². The van der Waals surface area contributed by atoms with Gasteiger partial charge in [-0.05, 0) is 66.6 Å². The van der Waals surface area contributed by atoms with Crippen LogP contribution in [-0.4, -0.2) is 35.7 Å². The van der Waals surface area contributed by atoms with Gasteiger partial charge in [0.25, 0.3) is 0 Å². The molecule has 0 radical (unpaired) electrons. The summed E-state index contributed by atoms with van der Waals surface area (Å²) >= 11 is 1.58. The Kier molecular flexibility index (Phi) is 8.97. The van der Waals surface area contributed by atoms with E-state index in [1.54, 1.807) is 24.5 Å². The Balaban J connectivity index is 0.00000280. The molecule has 0 spiro atoms. The summed E-state index contributed by atoms with van der Waals surface area (Å²) < 4.78 is 5.74. The van der Waals surface area contributed by atoms with Gasteiger partial charge in [-0.15, -0.1) is 24.0 Å². The number of aliphatic imine (C=N–C) groups is 1. The van der Waals surface area contributed by atoms with Gasteiger partial charge in [0, 0.05) is 18.8 Å². The highest BCUT2D eigenvalue weighted by atomic mass is 127. The minimum absolute atomic E-state index is 0. The van der Waals surface area contributed by atoms with Crippen molar-refractivity contribution >= 4 is 41.3 Å². The number of hydrogen-bond donors (Lipinski definition) is 3. The first-order valence-electron chi connectivity index (χ1n) is 9.42. The Morgan fingerprint density at radius 3 is 2.89 bits per heavy atom. The molecule has 3 N–H and O–H groups in total. The quantitative estimate of drug-likeness (QED) is 0.270. The van der Waals surface area contributed by atoms with E-state index in [4.69, 9.17) is 4.74 Å². The second-order valence-corrected chi connectivity index (χ2v) is 7.87. The average molecular weight is 516 g/mol. The normalized spacial score (nSPS) is 16.0. The minimum atomic E-state index is -0.948. The lowest BCUT2D eigenvalue weighted by atomic mass is 9.99. The van der Waals surface area contributed by atoms with Crippen molar-refractivity contribution in [3.8, 4) is 5.88 Å². The van der Waals surface area contributed by atoms with Gasteiger partial charge in [0.2, 0.25) is 5.88 Å². The number of aromatic nitrogens is 1. The molecule has 0 amide bonds. The number of rotatable bonds is 9. The number of pyridine rings is 1. The lowest BCUT2D eigenvalue weighted by molar-refractivity contribution is 0.0621. The summed E-state index contributed by atoms with van der Waals surface area (Å²) in [6.45, 7) is 6.21. The van der Waals surface area contributed by atoms with Crippen molar-refractivity contribution in [1.29, 1.82) is 0 Å². The van der Waals surface area contributed by atoms with Gasteiger partial charge in [0.1, 0.15) is 5.60 Å². The summed E-state index contributed by atoms with van der Waals surface area (Å²) in [7, 11) is 0. The molecule has 0 aliphatic heterocycles. The molecule has 154 valence electrons. The maximum absolute atomic E-state index is 10.7. The van der Waals surface area contributed by atoms with E-state index in [-0.39, 0.29) is 24.0 Å². The zero-order chi connectivity index (χ0) is 19.1. The summed E-state index contributed by atoms with van der Waals surface area (Å²) in [5.74, 6) is 2.03. The van der Waals surface area contributed by atoms with Gasteiger partial charge in [0.05, 0.1) is 19.7 Å². The standard InChI is InChI=1S/C20H28N4O2S.HI/c1-3-21-19(24-14-20(2,25)17-7-9-27-13-17)23-11-16-6-8-22-18(10-16)26-12-15-4-5-15;/h6-10,13,15,25H,3-5,11-12,14H2,1-2H3,(H2,21,23,24);1H. The lowest BCUT2D eigenvalue weighted by Crippen LogP contribution is -2.44. The van der Waals surface area contributed by atoms with Gasteiger partial charge in [-0.25, -0.2) is 9.98 Å². The molecule has 0 saturated heterocycles. The van der Waals surface area contributed by atoms with Crippen LogP contribution in [-0.2, 0) is 12.1 Å². The number of nitrogens with zero attached hydrogens (tertiary/aromatic N) is 2. The summed E-state index contributed by atoms with van der Waals surface area (Å²) in [4.78, 5) is 8.89. The molecule has 1 aliphatic carbocycles. The van der Waals surface area contributed by atoms with Crippen molar-refractivity contribution in [3.05, 3.63) is 46.3 Å². The van der Waals surface area contributed by atoms with Crippen molar-refractivity contribution in [2.45, 2.75) is 38.8 Å². The minimum Gasteiger partial charge on any atom is -0.477 e. The Labute approximate surface area is 187 Å². The molecule has 1 saturated carbocycles. The third-order valence-corrected chi connectivity index (χ3v) is 5.15. The van der Waals surface area contributed by atoms with Gasteiger partial charge >= 0.3 is 0 Å². The molecule has 1 aliphatic rings. The molecule has 8 heteroatoms. The first-order valence-corrected chi connectivity index (χ1v) is 10.4. The number of thiophene rings is 1. The highest BCUT2D eigenvalue weighted by Gasteiger charge is 2.24. The highest BCUT2D eigenvalue weighted by molar-refractivity contribution is 14.0. The summed E-state index contributed by atoms with van der Waals surface area (Å²) in [5.41, 5.74) is 0.997. The number of nitrogens with one attached hydrogen (secondary N) is 2. The van der Waals surface area contributed by atoms with E-state index in [2.05, 4.69) is 20.6 Å². The van der Waals surface area contributed by atoms with Crippen molar-refractivity contribution in [2.75, 3.05) is 19.7 Å². The van der Waals surface area contributed by atoms with Crippen LogP contribution in [0.15, 0.2) is 40.1 Å². The fourth-order valence-electron chi connectivity index (χ4n) is 2.56. The Morgan fingerprint density at radius 2 is 2.21 bits per heavy atom. The molecule has 2 aromatic rings. The number of guanidine groups is 1. The molecule has 3 rings (SSSR count). The van der Waals surface area contributed by atoms with Gasteiger partial charge in [0.15, 0.2) is 5.96 Å². The van der Waals surface area contributed by atoms with E-state index >= 15 is 0 Å². The molecule has 6 nitrogen and oxygen atoms in total. The predicted molar refractivity (Wildman–Crippen MR) is 125 cm³/mol. The molecule has 2 aromatic heterocycles. The van der Waals surface area contributed by atoms with Crippen molar-refractivity contribution < 1.29 is 9.84 Å². The van der Waals surface area contributed by atoms with Crippen molar-refractivity contribution in [3.63, 3.8) is 0 Å². The molecule has 0 bridgehead atoms. The van der Waals surface area contributed by atoms with Crippen LogP contribution in [0.2, 0.25) is 0 Å². The fourth-order valence-corrected chi connectivity index (χ4v) is 3.34. The average Bonchev–Trinajstić information content (AvgIpc) is 3.32. The molecular weight excluding hydrogens is 487 g/mol. The maximum atomic E-state index is 10.7. The largest absolute Gasteiger partial charge is 0.477 e. The third kappa shape index (κ3) is 7.21. The number of ether oxygens (including phenoxy) is 1. The van der Waals surface area contributed by atoms with E-state index in [0.717, 1.165) is 24.3 Å². The van der Waals surface area contributed by atoms with Crippen LogP contribution in [0.5, 0.6) is 5.88 Å². The van der Waals surface area contributed by atoms with Crippen LogP contribution in [0.3, 0.4) is 0 Å². The lowest BCUT2D eigenvalue weighted by Gasteiger charge is -2.24. The smallest absolute Gasteiger partial charge is 0.213 e. The van der Waals surface area contributed by atoms with Gasteiger partial charge in [-0.2, -0.15) is 11.3 Å². The highest BCUT2D eigenvalue weighted by Crippen LogP contribution is 2.29. The summed E-state index contributed by atoms with van der Waals surface area (Å²) in [6.07, 6.45) is 4.28. The SMILES string of the molecule is CCNC(=NCc1ccnc(OCC2CC2)c1)NCC(C)(O)c1ccsc1.I. The fraction of sp³-hybridized carbons (Fsp3) is 0.500. The van der Waals surface area contributed by atoms with E-state index < -0.39 is 5.60 Å². The summed E-state index contributed by atoms with van der Waals surface area (Å²) in [6, 6.07) is 5.83. The van der Waals surface area contributed by atoms with E-state index in [0.29, 0.717) is 30.8 Å². The number of aliphatic hydroxyl groups is 1. The van der Waals surface area contributed by atoms with Gasteiger partial charge in [-0.1, -0.05) is 0 Å². The molecule has 1 unspecified atom stereocenters. The van der Waals surface area contributed by atoms with Crippen molar-refractivity contribution in [2.24, 2.45) is 10.9 Å². The molecule has 2 heterocycles. The summed E-state index contributed by atoms with van der Waals surface area (Å²) in [5, 5.41) is 21.0. The third-order valence-electron chi connectivity index (χ3n) is 4.47. The zero-order valence-electron chi connectivity index (χ0n) is 16.4. The second kappa shape index (κ2) is 11.0. The predicted octanol–water partition coefficient (Wildman–Crippen LogP) is 3.51. The van der Waals surface area contributed by atoms with Crippen LogP contribution in [0.4, 0.5) is 0 Å². The Hall–Kier alpha value is -1.39. The van der Waals surface area contributed by atoms with E-state index in [9.17, 15) is 5.11 Å². The van der Waals surface area contributed by atoms with E-state index in [1.165, 1.54) is 12.8 Å². The number of hydrogen-bond acceptors (Lipinski definition) is 5.